The number of hydrogen-bond acceptors (Lipinski definition) is 4. The molecule has 0 fully saturated rings. The molecule has 1 atom stereocenters. The average Bonchev–Trinajstić information content (AvgIpc) is 2.20. The molecule has 0 radical (unpaired) electrons. The van der Waals surface area contributed by atoms with Crippen molar-refractivity contribution in [1.29, 1.82) is 0 Å². The van der Waals surface area contributed by atoms with Gasteiger partial charge < -0.3 is 20.5 Å². The van der Waals surface area contributed by atoms with Crippen molar-refractivity contribution in [3.63, 3.8) is 0 Å². The second-order valence-electron chi connectivity index (χ2n) is 3.58. The molecule has 3 N–H and O–H groups in total. The molecule has 0 heterocycles. The summed E-state index contributed by atoms with van der Waals surface area (Å²) in [6, 6.07) is 1.24. The van der Waals surface area contributed by atoms with E-state index in [0.717, 1.165) is 13.1 Å². The molecule has 14 heavy (non-hydrogen) atoms. The van der Waals surface area contributed by atoms with E-state index in [9.17, 15) is 0 Å². The van der Waals surface area contributed by atoms with Crippen molar-refractivity contribution in [2.75, 3.05) is 33.9 Å². The van der Waals surface area contributed by atoms with E-state index in [-0.39, 0.29) is 15.4 Å². The van der Waals surface area contributed by atoms with Crippen molar-refractivity contribution >= 4 is 9.52 Å². The third-order valence-electron chi connectivity index (χ3n) is 2.23. The Morgan fingerprint density at radius 2 is 2.00 bits per heavy atom. The highest BCUT2D eigenvalue weighted by Crippen LogP contribution is 2.03. The molecule has 86 valence electrons. The van der Waals surface area contributed by atoms with Crippen LogP contribution in [-0.4, -0.2) is 49.3 Å². The van der Waals surface area contributed by atoms with Crippen LogP contribution in [0.15, 0.2) is 0 Å². The van der Waals surface area contributed by atoms with Crippen LogP contribution in [0.3, 0.4) is 0 Å². The van der Waals surface area contributed by atoms with Crippen LogP contribution in [0.4, 0.5) is 0 Å². The van der Waals surface area contributed by atoms with Gasteiger partial charge in [0.15, 0.2) is 0 Å². The van der Waals surface area contributed by atoms with Gasteiger partial charge in [-0.2, -0.15) is 0 Å². The lowest BCUT2D eigenvalue weighted by molar-refractivity contribution is -0.0443. The highest BCUT2D eigenvalue weighted by atomic mass is 28.2. The molecule has 0 saturated heterocycles. The molecule has 0 aliphatic heterocycles. The molecule has 0 aromatic carbocycles. The summed E-state index contributed by atoms with van der Waals surface area (Å²) >= 11 is 0. The van der Waals surface area contributed by atoms with Crippen LogP contribution in [0.2, 0.25) is 6.04 Å². The molecule has 0 saturated carbocycles. The molecule has 5 heteroatoms. The van der Waals surface area contributed by atoms with E-state index in [4.69, 9.17) is 15.2 Å². The minimum atomic E-state index is -0.272. The first-order valence-electron chi connectivity index (χ1n) is 5.21. The van der Waals surface area contributed by atoms with Gasteiger partial charge in [-0.1, -0.05) is 13.0 Å². The summed E-state index contributed by atoms with van der Waals surface area (Å²) in [5.41, 5.74) is 5.39. The minimum Gasteiger partial charge on any atom is -0.360 e. The number of nitrogens with one attached hydrogen (secondary N) is 1. The van der Waals surface area contributed by atoms with E-state index >= 15 is 0 Å². The Hall–Kier alpha value is 0.0569. The minimum absolute atomic E-state index is 0.0759. The van der Waals surface area contributed by atoms with Crippen molar-refractivity contribution in [1.82, 2.24) is 5.32 Å². The largest absolute Gasteiger partial charge is 0.360 e. The Balaban J connectivity index is 3.37. The van der Waals surface area contributed by atoms with Gasteiger partial charge in [0.25, 0.3) is 0 Å². The van der Waals surface area contributed by atoms with Crippen LogP contribution in [0.1, 0.15) is 6.92 Å². The third kappa shape index (κ3) is 7.46. The normalized spacial score (nSPS) is 14.4. The molecule has 0 bridgehead atoms. The summed E-state index contributed by atoms with van der Waals surface area (Å²) < 4.78 is 10.3. The second kappa shape index (κ2) is 9.61. The number of ether oxygens (including phenoxy) is 2. The molecule has 0 rings (SSSR count). The third-order valence-corrected chi connectivity index (χ3v) is 4.69. The number of rotatable bonds is 9. The van der Waals surface area contributed by atoms with E-state index < -0.39 is 0 Å². The molecule has 0 amide bonds. The lowest BCUT2D eigenvalue weighted by atomic mass is 10.2. The Morgan fingerprint density at radius 3 is 2.50 bits per heavy atom. The van der Waals surface area contributed by atoms with Gasteiger partial charge in [-0.25, -0.2) is 0 Å². The van der Waals surface area contributed by atoms with Gasteiger partial charge in [-0.3, -0.25) is 0 Å². The quantitative estimate of drug-likeness (QED) is 0.307. The summed E-state index contributed by atoms with van der Waals surface area (Å²) in [6.07, 6.45) is 0. The molecule has 0 aromatic rings. The number of methoxy groups -OCH3 is 2. The molecule has 0 aliphatic carbocycles. The fourth-order valence-corrected chi connectivity index (χ4v) is 2.82. The molecule has 1 unspecified atom stereocenters. The summed E-state index contributed by atoms with van der Waals surface area (Å²) in [5, 5.41) is 3.31. The first kappa shape index (κ1) is 14.1. The van der Waals surface area contributed by atoms with Crippen molar-refractivity contribution in [3.8, 4) is 0 Å². The summed E-state index contributed by atoms with van der Waals surface area (Å²) in [4.78, 5) is 0. The van der Waals surface area contributed by atoms with Crippen LogP contribution in [0.25, 0.3) is 0 Å². The van der Waals surface area contributed by atoms with Crippen molar-refractivity contribution in [2.24, 2.45) is 11.7 Å². The summed E-state index contributed by atoms with van der Waals surface area (Å²) in [7, 11) is 3.14. The van der Waals surface area contributed by atoms with E-state index in [2.05, 4.69) is 12.2 Å². The van der Waals surface area contributed by atoms with Crippen LogP contribution >= 0.6 is 0 Å². The van der Waals surface area contributed by atoms with Gasteiger partial charge in [0.2, 0.25) is 0 Å². The van der Waals surface area contributed by atoms with Crippen molar-refractivity contribution in [3.05, 3.63) is 0 Å². The second-order valence-corrected chi connectivity index (χ2v) is 5.40. The zero-order chi connectivity index (χ0) is 10.8. The highest BCUT2D eigenvalue weighted by Gasteiger charge is 2.09. The average molecular weight is 220 g/mol. The molecule has 0 aliphatic rings. The molecule has 0 spiro atoms. The van der Waals surface area contributed by atoms with Gasteiger partial charge in [-0.15, -0.1) is 0 Å². The van der Waals surface area contributed by atoms with Gasteiger partial charge in [-0.05, 0) is 12.5 Å². The Labute approximate surface area is 89.3 Å². The Kier molecular flexibility index (Phi) is 9.64. The first-order chi connectivity index (χ1) is 6.74. The highest BCUT2D eigenvalue weighted by molar-refractivity contribution is 6.36. The van der Waals surface area contributed by atoms with E-state index in [0.29, 0.717) is 12.5 Å². The zero-order valence-electron chi connectivity index (χ0n) is 9.58. The number of nitrogens with two attached hydrogens (primary N) is 1. The van der Waals surface area contributed by atoms with Gasteiger partial charge in [0.1, 0.15) is 5.91 Å². The fraction of sp³-hybridized carbons (Fsp3) is 1.00. The smallest absolute Gasteiger partial charge is 0.134 e. The molecular weight excluding hydrogens is 196 g/mol. The van der Waals surface area contributed by atoms with E-state index in [1.54, 1.807) is 14.2 Å². The summed E-state index contributed by atoms with van der Waals surface area (Å²) in [5.74, 6) is 0.771. The zero-order valence-corrected chi connectivity index (χ0v) is 11.0. The number of hydrogen-bond donors (Lipinski definition) is 2. The maximum absolute atomic E-state index is 5.39. The SMILES string of the molecule is COC(OC)[SiH2]CC(C)CNCCN. The van der Waals surface area contributed by atoms with Crippen LogP contribution in [0, 0.1) is 5.92 Å². The lowest BCUT2D eigenvalue weighted by Crippen LogP contribution is -2.29. The monoisotopic (exact) mass is 220 g/mol. The lowest BCUT2D eigenvalue weighted by Gasteiger charge is -2.16. The van der Waals surface area contributed by atoms with Gasteiger partial charge >= 0.3 is 0 Å². The maximum atomic E-state index is 5.39. The Morgan fingerprint density at radius 1 is 1.36 bits per heavy atom. The van der Waals surface area contributed by atoms with E-state index in [1.165, 1.54) is 6.04 Å². The van der Waals surface area contributed by atoms with Crippen LogP contribution < -0.4 is 11.1 Å². The van der Waals surface area contributed by atoms with Gasteiger partial charge in [0.05, 0.1) is 9.52 Å². The molecular formula is C9H24N2O2Si. The first-order valence-corrected chi connectivity index (χ1v) is 7.02. The van der Waals surface area contributed by atoms with Crippen LogP contribution in [0.5, 0.6) is 0 Å². The predicted molar refractivity (Wildman–Crippen MR) is 62.2 cm³/mol. The topological polar surface area (TPSA) is 56.5 Å². The van der Waals surface area contributed by atoms with Gasteiger partial charge in [0, 0.05) is 27.3 Å². The standard InChI is InChI=1S/C9H24N2O2Si/c1-8(6-11-5-4-10)7-14-9(12-2)13-3/h8-9,11H,4-7,10,14H2,1-3H3. The summed E-state index contributed by atoms with van der Waals surface area (Å²) in [6.45, 7) is 4.91. The maximum Gasteiger partial charge on any atom is 0.134 e. The molecule has 0 aromatic heterocycles. The van der Waals surface area contributed by atoms with Crippen LogP contribution in [-0.2, 0) is 9.47 Å². The van der Waals surface area contributed by atoms with Crippen molar-refractivity contribution in [2.45, 2.75) is 18.9 Å². The Bertz CT molecular complexity index is 123. The molecule has 4 nitrogen and oxygen atoms in total. The van der Waals surface area contributed by atoms with E-state index in [1.807, 2.05) is 0 Å². The van der Waals surface area contributed by atoms with Crippen molar-refractivity contribution < 1.29 is 9.47 Å². The predicted octanol–water partition coefficient (Wildman–Crippen LogP) is -0.666. The fourth-order valence-electron chi connectivity index (χ4n) is 1.31.